The molecule has 5 nitrogen and oxygen atoms in total. The minimum atomic E-state index is -0.974. The Morgan fingerprint density at radius 1 is 1.35 bits per heavy atom. The Balaban J connectivity index is 2.97. The van der Waals surface area contributed by atoms with E-state index in [1.54, 1.807) is 6.07 Å². The number of nitrogens with zero attached hydrogens (tertiary/aromatic N) is 1. The molecule has 0 bridgehead atoms. The molecule has 112 valence electrons. The molecule has 20 heavy (non-hydrogen) atoms. The number of pyridine rings is 1. The van der Waals surface area contributed by atoms with E-state index in [4.69, 9.17) is 5.11 Å². The van der Waals surface area contributed by atoms with Crippen molar-refractivity contribution in [2.24, 2.45) is 0 Å². The van der Waals surface area contributed by atoms with Crippen molar-refractivity contribution in [2.75, 3.05) is 11.9 Å². The van der Waals surface area contributed by atoms with E-state index in [0.29, 0.717) is 25.2 Å². The summed E-state index contributed by atoms with van der Waals surface area (Å²) < 4.78 is 0. The zero-order chi connectivity index (χ0) is 15.3. The van der Waals surface area contributed by atoms with E-state index < -0.39 is 11.6 Å². The van der Waals surface area contributed by atoms with E-state index >= 15 is 0 Å². The molecule has 0 saturated heterocycles. The van der Waals surface area contributed by atoms with E-state index in [-0.39, 0.29) is 11.5 Å². The summed E-state index contributed by atoms with van der Waals surface area (Å²) in [4.78, 5) is 15.5. The molecule has 0 fully saturated rings. The molecule has 0 aliphatic rings. The van der Waals surface area contributed by atoms with Crippen LogP contribution in [0.25, 0.3) is 0 Å². The summed E-state index contributed by atoms with van der Waals surface area (Å²) in [6.45, 7) is 8.13. The number of carboxylic acids is 1. The van der Waals surface area contributed by atoms with E-state index in [1.165, 1.54) is 6.07 Å². The highest BCUT2D eigenvalue weighted by molar-refractivity contribution is 5.88. The smallest absolute Gasteiger partial charge is 0.335 e. The second-order valence-corrected chi connectivity index (χ2v) is 5.41. The number of aromatic carboxylic acids is 1. The molecule has 0 spiro atoms. The Morgan fingerprint density at radius 2 is 1.95 bits per heavy atom. The number of aromatic nitrogens is 1. The zero-order valence-electron chi connectivity index (χ0n) is 12.6. The number of hydrogen-bond acceptors (Lipinski definition) is 4. The van der Waals surface area contributed by atoms with Crippen LogP contribution in [0.5, 0.6) is 0 Å². The first kappa shape index (κ1) is 16.4. The fourth-order valence-electron chi connectivity index (χ4n) is 1.82. The second kappa shape index (κ2) is 6.70. The van der Waals surface area contributed by atoms with Crippen LogP contribution in [0.4, 0.5) is 5.82 Å². The van der Waals surface area contributed by atoms with E-state index in [0.717, 1.165) is 5.69 Å². The quantitative estimate of drug-likeness (QED) is 0.715. The van der Waals surface area contributed by atoms with Gasteiger partial charge in [0.15, 0.2) is 0 Å². The Labute approximate surface area is 120 Å². The lowest BCUT2D eigenvalue weighted by molar-refractivity contribution is 0.0456. The molecule has 1 aromatic rings. The van der Waals surface area contributed by atoms with Gasteiger partial charge in [-0.25, -0.2) is 9.78 Å². The van der Waals surface area contributed by atoms with Crippen molar-refractivity contribution in [3.63, 3.8) is 0 Å². The number of nitrogens with one attached hydrogen (secondary N) is 1. The SMILES string of the molecule is CCC(O)(CC)CNc1cc(C(=O)O)cc(C(C)C)n1. The van der Waals surface area contributed by atoms with Gasteiger partial charge in [0.25, 0.3) is 0 Å². The highest BCUT2D eigenvalue weighted by Gasteiger charge is 2.22. The lowest BCUT2D eigenvalue weighted by Gasteiger charge is -2.26. The molecular formula is C15H24N2O3. The summed E-state index contributed by atoms with van der Waals surface area (Å²) >= 11 is 0. The highest BCUT2D eigenvalue weighted by atomic mass is 16.4. The molecule has 1 rings (SSSR count). The average Bonchev–Trinajstić information content (AvgIpc) is 2.44. The third-order valence-electron chi connectivity index (χ3n) is 3.60. The molecule has 3 N–H and O–H groups in total. The standard InChI is InChI=1S/C15H24N2O3/c1-5-15(20,6-2)9-16-13-8-11(14(18)19)7-12(17-13)10(3)4/h7-8,10,20H,5-6,9H2,1-4H3,(H,16,17)(H,18,19). The first-order valence-electron chi connectivity index (χ1n) is 7.03. The van der Waals surface area contributed by atoms with Crippen LogP contribution < -0.4 is 5.32 Å². The van der Waals surface area contributed by atoms with Crippen LogP contribution in [-0.4, -0.2) is 33.3 Å². The molecule has 0 atom stereocenters. The predicted molar refractivity (Wildman–Crippen MR) is 79.3 cm³/mol. The molecule has 0 amide bonds. The van der Waals surface area contributed by atoms with Crippen molar-refractivity contribution in [3.8, 4) is 0 Å². The van der Waals surface area contributed by atoms with Gasteiger partial charge in [-0.05, 0) is 30.9 Å². The van der Waals surface area contributed by atoms with Crippen LogP contribution in [0, 0.1) is 0 Å². The Bertz CT molecular complexity index is 468. The third-order valence-corrected chi connectivity index (χ3v) is 3.60. The molecule has 0 aliphatic carbocycles. The van der Waals surface area contributed by atoms with Crippen LogP contribution in [0.2, 0.25) is 0 Å². The molecule has 0 aromatic carbocycles. The number of hydrogen-bond donors (Lipinski definition) is 3. The highest BCUT2D eigenvalue weighted by Crippen LogP contribution is 2.20. The Hall–Kier alpha value is -1.62. The van der Waals surface area contributed by atoms with Crippen molar-refractivity contribution in [3.05, 3.63) is 23.4 Å². The minimum Gasteiger partial charge on any atom is -0.478 e. The number of carboxylic acid groups (broad SMARTS) is 1. The number of carbonyl (C=O) groups is 1. The molecule has 0 aliphatic heterocycles. The molecule has 1 heterocycles. The monoisotopic (exact) mass is 280 g/mol. The topological polar surface area (TPSA) is 82.5 Å². The van der Waals surface area contributed by atoms with Gasteiger partial charge in [0, 0.05) is 12.2 Å². The Kier molecular flexibility index (Phi) is 5.51. The molecule has 0 unspecified atom stereocenters. The van der Waals surface area contributed by atoms with E-state index in [1.807, 2.05) is 27.7 Å². The van der Waals surface area contributed by atoms with Crippen molar-refractivity contribution in [1.29, 1.82) is 0 Å². The van der Waals surface area contributed by atoms with E-state index in [9.17, 15) is 9.90 Å². The van der Waals surface area contributed by atoms with Gasteiger partial charge < -0.3 is 15.5 Å². The first-order chi connectivity index (χ1) is 9.31. The summed E-state index contributed by atoms with van der Waals surface area (Å²) in [5.74, 6) is -0.335. The molecule has 1 aromatic heterocycles. The minimum absolute atomic E-state index is 0.145. The van der Waals surface area contributed by atoms with Gasteiger partial charge in [0.2, 0.25) is 0 Å². The molecule has 0 radical (unpaired) electrons. The van der Waals surface area contributed by atoms with Crippen molar-refractivity contribution in [2.45, 2.75) is 52.1 Å². The summed E-state index contributed by atoms with van der Waals surface area (Å²) in [6, 6.07) is 3.09. The lowest BCUT2D eigenvalue weighted by atomic mass is 9.97. The van der Waals surface area contributed by atoms with E-state index in [2.05, 4.69) is 10.3 Å². The van der Waals surface area contributed by atoms with Crippen LogP contribution in [0.1, 0.15) is 62.5 Å². The van der Waals surface area contributed by atoms with Crippen LogP contribution in [-0.2, 0) is 0 Å². The van der Waals surface area contributed by atoms with Gasteiger partial charge >= 0.3 is 5.97 Å². The fraction of sp³-hybridized carbons (Fsp3) is 0.600. The van der Waals surface area contributed by atoms with Gasteiger partial charge in [0.1, 0.15) is 5.82 Å². The van der Waals surface area contributed by atoms with Gasteiger partial charge in [-0.15, -0.1) is 0 Å². The van der Waals surface area contributed by atoms with Gasteiger partial charge in [-0.1, -0.05) is 27.7 Å². The van der Waals surface area contributed by atoms with Gasteiger partial charge in [-0.3, -0.25) is 0 Å². The fourth-order valence-corrected chi connectivity index (χ4v) is 1.82. The Morgan fingerprint density at radius 3 is 2.40 bits per heavy atom. The summed E-state index contributed by atoms with van der Waals surface area (Å²) in [7, 11) is 0. The number of rotatable bonds is 7. The largest absolute Gasteiger partial charge is 0.478 e. The maximum Gasteiger partial charge on any atom is 0.335 e. The van der Waals surface area contributed by atoms with Crippen molar-refractivity contribution < 1.29 is 15.0 Å². The summed E-state index contributed by atoms with van der Waals surface area (Å²) in [5, 5.41) is 22.4. The molecular weight excluding hydrogens is 256 g/mol. The van der Waals surface area contributed by atoms with Crippen molar-refractivity contribution in [1.82, 2.24) is 4.98 Å². The molecule has 0 saturated carbocycles. The number of aliphatic hydroxyl groups is 1. The summed E-state index contributed by atoms with van der Waals surface area (Å²) in [6.07, 6.45) is 1.26. The van der Waals surface area contributed by atoms with Crippen molar-refractivity contribution >= 4 is 11.8 Å². The summed E-state index contributed by atoms with van der Waals surface area (Å²) in [5.41, 5.74) is 0.144. The number of anilines is 1. The van der Waals surface area contributed by atoms with Gasteiger partial charge in [-0.2, -0.15) is 0 Å². The maximum atomic E-state index is 11.1. The zero-order valence-corrected chi connectivity index (χ0v) is 12.6. The maximum absolute atomic E-state index is 11.1. The second-order valence-electron chi connectivity index (χ2n) is 5.41. The first-order valence-corrected chi connectivity index (χ1v) is 7.03. The van der Waals surface area contributed by atoms with Gasteiger partial charge in [0.05, 0.1) is 11.2 Å². The average molecular weight is 280 g/mol. The third kappa shape index (κ3) is 4.20. The molecule has 5 heteroatoms. The predicted octanol–water partition coefficient (Wildman–Crippen LogP) is 2.87. The van der Waals surface area contributed by atoms with Crippen LogP contribution in [0.15, 0.2) is 12.1 Å². The van der Waals surface area contributed by atoms with Crippen LogP contribution in [0.3, 0.4) is 0 Å². The normalized spacial score (nSPS) is 11.7. The van der Waals surface area contributed by atoms with Crippen LogP contribution >= 0.6 is 0 Å². The lowest BCUT2D eigenvalue weighted by Crippen LogP contribution is -2.35.